The molecule has 1 atom stereocenters. The van der Waals surface area contributed by atoms with Crippen LogP contribution >= 0.6 is 0 Å². The van der Waals surface area contributed by atoms with Crippen LogP contribution in [0.25, 0.3) is 11.4 Å². The quantitative estimate of drug-likeness (QED) is 0.749. The van der Waals surface area contributed by atoms with Crippen molar-refractivity contribution in [2.45, 2.75) is 32.2 Å². The first kappa shape index (κ1) is 17.6. The lowest BCUT2D eigenvalue weighted by molar-refractivity contribution is 0.268. The molecule has 1 fully saturated rings. The first-order chi connectivity index (χ1) is 13.2. The molecule has 1 N–H and O–H groups in total. The van der Waals surface area contributed by atoms with Crippen molar-refractivity contribution in [3.05, 3.63) is 54.2 Å². The molecule has 1 unspecified atom stereocenters. The number of aliphatic hydroxyl groups is 1. The van der Waals surface area contributed by atoms with Gasteiger partial charge in [0.05, 0.1) is 18.8 Å². The summed E-state index contributed by atoms with van der Waals surface area (Å²) in [4.78, 5) is 15.9. The van der Waals surface area contributed by atoms with E-state index < -0.39 is 0 Å². The van der Waals surface area contributed by atoms with Crippen molar-refractivity contribution in [2.24, 2.45) is 0 Å². The van der Waals surface area contributed by atoms with E-state index in [1.54, 1.807) is 12.4 Å². The summed E-state index contributed by atoms with van der Waals surface area (Å²) >= 11 is 0. The largest absolute Gasteiger partial charge is 0.394 e. The highest BCUT2D eigenvalue weighted by Crippen LogP contribution is 2.29. The molecule has 7 nitrogen and oxygen atoms in total. The van der Waals surface area contributed by atoms with Crippen LogP contribution in [0.3, 0.4) is 0 Å². The van der Waals surface area contributed by atoms with E-state index in [4.69, 9.17) is 10.1 Å². The Morgan fingerprint density at radius 1 is 1.26 bits per heavy atom. The lowest BCUT2D eigenvalue weighted by atomic mass is 9.95. The predicted molar refractivity (Wildman–Crippen MR) is 104 cm³/mol. The minimum atomic E-state index is 0.106. The third kappa shape index (κ3) is 3.98. The number of anilines is 1. The van der Waals surface area contributed by atoms with Gasteiger partial charge in [-0.15, -0.1) is 0 Å². The smallest absolute Gasteiger partial charge is 0.163 e. The summed E-state index contributed by atoms with van der Waals surface area (Å²) in [5.74, 6) is 2.05. The monoisotopic (exact) mass is 364 g/mol. The summed E-state index contributed by atoms with van der Waals surface area (Å²) in [5, 5.41) is 13.7. The number of piperidine rings is 1. The summed E-state index contributed by atoms with van der Waals surface area (Å²) < 4.78 is 1.81. The maximum Gasteiger partial charge on any atom is 0.163 e. The van der Waals surface area contributed by atoms with Crippen molar-refractivity contribution in [3.8, 4) is 11.4 Å². The fourth-order valence-corrected chi connectivity index (χ4v) is 3.59. The van der Waals surface area contributed by atoms with E-state index >= 15 is 0 Å². The van der Waals surface area contributed by atoms with Crippen LogP contribution in [-0.4, -0.2) is 49.5 Å². The molecule has 0 saturated carbocycles. The molecular weight excluding hydrogens is 340 g/mol. The molecule has 27 heavy (non-hydrogen) atoms. The summed E-state index contributed by atoms with van der Waals surface area (Å²) in [6.45, 7) is 4.52. The molecule has 0 amide bonds. The average Bonchev–Trinajstić information content (AvgIpc) is 3.17. The topological polar surface area (TPSA) is 80.0 Å². The molecule has 4 heterocycles. The van der Waals surface area contributed by atoms with E-state index in [2.05, 4.69) is 26.0 Å². The van der Waals surface area contributed by atoms with Crippen LogP contribution in [0.5, 0.6) is 0 Å². The van der Waals surface area contributed by atoms with E-state index in [9.17, 15) is 0 Å². The highest BCUT2D eigenvalue weighted by molar-refractivity contribution is 5.57. The number of aromatic nitrogens is 5. The molecule has 7 heteroatoms. The number of aryl methyl sites for hydroxylation is 1. The lowest BCUT2D eigenvalue weighted by Crippen LogP contribution is -2.35. The molecule has 4 rings (SSSR count). The van der Waals surface area contributed by atoms with Crippen LogP contribution in [-0.2, 0) is 6.54 Å². The van der Waals surface area contributed by atoms with Crippen LogP contribution in [0.15, 0.2) is 42.9 Å². The summed E-state index contributed by atoms with van der Waals surface area (Å²) in [7, 11) is 0. The predicted octanol–water partition coefficient (Wildman–Crippen LogP) is 2.42. The van der Waals surface area contributed by atoms with Gasteiger partial charge in [0.2, 0.25) is 0 Å². The van der Waals surface area contributed by atoms with Gasteiger partial charge < -0.3 is 10.0 Å². The van der Waals surface area contributed by atoms with Crippen LogP contribution in [0.1, 0.15) is 30.1 Å². The van der Waals surface area contributed by atoms with Gasteiger partial charge >= 0.3 is 0 Å². The first-order valence-corrected chi connectivity index (χ1v) is 9.38. The van der Waals surface area contributed by atoms with Gasteiger partial charge in [-0.05, 0) is 38.0 Å². The molecule has 140 valence electrons. The van der Waals surface area contributed by atoms with Crippen LogP contribution in [0, 0.1) is 6.92 Å². The first-order valence-electron chi connectivity index (χ1n) is 9.38. The molecule has 0 spiro atoms. The second-order valence-corrected chi connectivity index (χ2v) is 6.95. The zero-order valence-electron chi connectivity index (χ0n) is 15.5. The number of hydrogen-bond acceptors (Lipinski definition) is 6. The van der Waals surface area contributed by atoms with E-state index in [1.165, 1.54) is 0 Å². The second kappa shape index (κ2) is 7.84. The highest BCUT2D eigenvalue weighted by atomic mass is 16.3. The van der Waals surface area contributed by atoms with Crippen molar-refractivity contribution < 1.29 is 5.11 Å². The molecule has 0 aromatic carbocycles. The Hall–Kier alpha value is -2.80. The molecule has 3 aromatic rings. The maximum atomic E-state index is 9.09. The number of rotatable bonds is 5. The standard InChI is InChI=1S/C20H24N6O/c1-15-12-19(23-20(22-15)16-4-2-7-21-13-16)25-8-3-5-17(14-25)18-6-9-26(24-18)10-11-27/h2,4,6-7,9,12-13,17,27H,3,5,8,10-11,14H2,1H3. The van der Waals surface area contributed by atoms with E-state index in [1.807, 2.05) is 36.0 Å². The van der Waals surface area contributed by atoms with Crippen molar-refractivity contribution in [1.82, 2.24) is 24.7 Å². The zero-order chi connectivity index (χ0) is 18.6. The van der Waals surface area contributed by atoms with Crippen molar-refractivity contribution >= 4 is 5.82 Å². The Labute approximate surface area is 158 Å². The molecule has 0 aliphatic carbocycles. The van der Waals surface area contributed by atoms with Gasteiger partial charge in [-0.2, -0.15) is 5.10 Å². The number of hydrogen-bond donors (Lipinski definition) is 1. The Bertz CT molecular complexity index is 894. The molecular formula is C20H24N6O. The van der Waals surface area contributed by atoms with E-state index in [0.29, 0.717) is 18.3 Å². The lowest BCUT2D eigenvalue weighted by Gasteiger charge is -2.33. The van der Waals surface area contributed by atoms with Gasteiger partial charge in [-0.1, -0.05) is 0 Å². The van der Waals surface area contributed by atoms with Gasteiger partial charge in [0, 0.05) is 54.9 Å². The fraction of sp³-hybridized carbons (Fsp3) is 0.400. The average molecular weight is 364 g/mol. The van der Waals surface area contributed by atoms with Crippen molar-refractivity contribution in [1.29, 1.82) is 0 Å². The third-order valence-corrected chi connectivity index (χ3v) is 4.91. The Morgan fingerprint density at radius 3 is 3.00 bits per heavy atom. The zero-order valence-corrected chi connectivity index (χ0v) is 15.5. The molecule has 1 aliphatic rings. The van der Waals surface area contributed by atoms with Crippen LogP contribution in [0.4, 0.5) is 5.82 Å². The number of pyridine rings is 1. The molecule has 1 aliphatic heterocycles. The van der Waals surface area contributed by atoms with Crippen LogP contribution < -0.4 is 4.90 Å². The Morgan fingerprint density at radius 2 is 2.19 bits per heavy atom. The maximum absolute atomic E-state index is 9.09. The third-order valence-electron chi connectivity index (χ3n) is 4.91. The number of nitrogens with zero attached hydrogens (tertiary/aromatic N) is 6. The molecule has 0 radical (unpaired) electrons. The minimum Gasteiger partial charge on any atom is -0.394 e. The second-order valence-electron chi connectivity index (χ2n) is 6.95. The van der Waals surface area contributed by atoms with Gasteiger partial charge in [0.1, 0.15) is 5.82 Å². The normalized spacial score (nSPS) is 17.3. The van der Waals surface area contributed by atoms with Gasteiger partial charge in [0.15, 0.2) is 5.82 Å². The Balaban J connectivity index is 1.56. The van der Waals surface area contributed by atoms with E-state index in [0.717, 1.165) is 48.7 Å². The summed E-state index contributed by atoms with van der Waals surface area (Å²) in [5.41, 5.74) is 2.97. The van der Waals surface area contributed by atoms with Gasteiger partial charge in [-0.3, -0.25) is 9.67 Å². The molecule has 3 aromatic heterocycles. The highest BCUT2D eigenvalue weighted by Gasteiger charge is 2.24. The number of aliphatic hydroxyl groups excluding tert-OH is 1. The summed E-state index contributed by atoms with van der Waals surface area (Å²) in [6, 6.07) is 8.00. The molecule has 1 saturated heterocycles. The van der Waals surface area contributed by atoms with Gasteiger partial charge in [-0.25, -0.2) is 9.97 Å². The van der Waals surface area contributed by atoms with Crippen molar-refractivity contribution in [3.63, 3.8) is 0 Å². The van der Waals surface area contributed by atoms with Crippen molar-refractivity contribution in [2.75, 3.05) is 24.6 Å². The van der Waals surface area contributed by atoms with E-state index in [-0.39, 0.29) is 6.61 Å². The van der Waals surface area contributed by atoms with Gasteiger partial charge in [0.25, 0.3) is 0 Å². The summed E-state index contributed by atoms with van der Waals surface area (Å²) in [6.07, 6.45) is 7.71. The molecule has 0 bridgehead atoms. The minimum absolute atomic E-state index is 0.106. The van der Waals surface area contributed by atoms with Crippen LogP contribution in [0.2, 0.25) is 0 Å². The Kier molecular flexibility index (Phi) is 5.11. The SMILES string of the molecule is Cc1cc(N2CCCC(c3ccn(CCO)n3)C2)nc(-c2cccnc2)n1. The fourth-order valence-electron chi connectivity index (χ4n) is 3.59.